The van der Waals surface area contributed by atoms with Crippen LogP contribution < -0.4 is 0 Å². The summed E-state index contributed by atoms with van der Waals surface area (Å²) in [5.41, 5.74) is 2.28. The third-order valence-corrected chi connectivity index (χ3v) is 4.66. The molecule has 1 aliphatic rings. The number of H-pyrrole nitrogens is 1. The number of piperidine rings is 1. The number of aromatic amines is 1. The molecule has 0 saturated carbocycles. The van der Waals surface area contributed by atoms with E-state index < -0.39 is 5.82 Å². The Bertz CT molecular complexity index is 695. The fraction of sp³-hybridized carbons (Fsp3) is 0.412. The predicted molar refractivity (Wildman–Crippen MR) is 87.0 cm³/mol. The van der Waals surface area contributed by atoms with E-state index >= 15 is 0 Å². The number of aryl methyl sites for hydroxylation is 1. The fourth-order valence-electron chi connectivity index (χ4n) is 3.06. The van der Waals surface area contributed by atoms with E-state index in [0.717, 1.165) is 24.2 Å². The third-order valence-electron chi connectivity index (χ3n) is 4.31. The molecule has 1 atom stereocenters. The number of hydrogen-bond acceptors (Lipinski definition) is 2. The minimum absolute atomic E-state index is 0.00216. The Morgan fingerprint density at radius 2 is 2.35 bits per heavy atom. The minimum Gasteiger partial charge on any atom is -0.342 e. The number of carbonyl (C=O) groups is 1. The molecule has 6 heteroatoms. The zero-order valence-corrected chi connectivity index (χ0v) is 13.7. The number of nitrogens with one attached hydrogen (secondary N) is 1. The molecule has 1 saturated heterocycles. The Labute approximate surface area is 139 Å². The number of amides is 1. The molecule has 2 heterocycles. The Kier molecular flexibility index (Phi) is 4.66. The summed E-state index contributed by atoms with van der Waals surface area (Å²) in [5.74, 6) is -0.287. The van der Waals surface area contributed by atoms with Crippen LogP contribution >= 0.6 is 11.6 Å². The van der Waals surface area contributed by atoms with Crippen molar-refractivity contribution in [2.75, 3.05) is 13.1 Å². The van der Waals surface area contributed by atoms with Crippen LogP contribution in [-0.4, -0.2) is 34.1 Å². The van der Waals surface area contributed by atoms with Crippen LogP contribution in [-0.2, 0) is 11.2 Å². The molecule has 0 aliphatic carbocycles. The molecule has 0 radical (unpaired) electrons. The summed E-state index contributed by atoms with van der Waals surface area (Å²) in [4.78, 5) is 14.3. The van der Waals surface area contributed by atoms with Crippen LogP contribution in [0.1, 0.15) is 35.7 Å². The van der Waals surface area contributed by atoms with E-state index in [0.29, 0.717) is 18.1 Å². The first-order chi connectivity index (χ1) is 11.0. The summed E-state index contributed by atoms with van der Waals surface area (Å²) in [6.07, 6.45) is 1.93. The number of carbonyl (C=O) groups excluding carboxylic acids is 1. The van der Waals surface area contributed by atoms with Crippen molar-refractivity contribution in [1.82, 2.24) is 15.1 Å². The van der Waals surface area contributed by atoms with Crippen molar-refractivity contribution in [3.05, 3.63) is 52.1 Å². The van der Waals surface area contributed by atoms with Gasteiger partial charge in [-0.25, -0.2) is 4.39 Å². The highest BCUT2D eigenvalue weighted by Crippen LogP contribution is 2.27. The first kappa shape index (κ1) is 16.0. The van der Waals surface area contributed by atoms with Crippen molar-refractivity contribution < 1.29 is 9.18 Å². The molecule has 1 unspecified atom stereocenters. The summed E-state index contributed by atoms with van der Waals surface area (Å²) >= 11 is 6.01. The van der Waals surface area contributed by atoms with Gasteiger partial charge in [0, 0.05) is 35.3 Å². The molecule has 1 aromatic carbocycles. The molecule has 122 valence electrons. The predicted octanol–water partition coefficient (Wildman–Crippen LogP) is 3.46. The standard InChI is InChI=1S/C17H19ClFN3O/c1-11-8-16(21-20-11)12-4-3-7-22(10-12)17(23)9-13-14(18)5-2-6-15(13)19/h2,5-6,8,12H,3-4,7,9-10H2,1H3,(H,20,21). The maximum Gasteiger partial charge on any atom is 0.227 e. The molecule has 1 amide bonds. The van der Waals surface area contributed by atoms with Gasteiger partial charge in [0.25, 0.3) is 0 Å². The lowest BCUT2D eigenvalue weighted by atomic mass is 9.94. The van der Waals surface area contributed by atoms with Crippen LogP contribution in [0.4, 0.5) is 4.39 Å². The van der Waals surface area contributed by atoms with E-state index in [2.05, 4.69) is 10.2 Å². The summed E-state index contributed by atoms with van der Waals surface area (Å²) in [7, 11) is 0. The van der Waals surface area contributed by atoms with Gasteiger partial charge in [-0.1, -0.05) is 17.7 Å². The second-order valence-electron chi connectivity index (χ2n) is 6.03. The SMILES string of the molecule is Cc1cc(C2CCCN(C(=O)Cc3c(F)cccc3Cl)C2)n[nH]1. The van der Waals surface area contributed by atoms with E-state index in [9.17, 15) is 9.18 Å². The number of aromatic nitrogens is 2. The summed E-state index contributed by atoms with van der Waals surface area (Å²) in [6, 6.07) is 6.51. The highest BCUT2D eigenvalue weighted by molar-refractivity contribution is 6.31. The normalized spacial score (nSPS) is 18.2. The van der Waals surface area contributed by atoms with Crippen molar-refractivity contribution in [2.45, 2.75) is 32.1 Å². The molecule has 1 N–H and O–H groups in total. The zero-order valence-electron chi connectivity index (χ0n) is 13.0. The average molecular weight is 336 g/mol. The average Bonchev–Trinajstić information content (AvgIpc) is 2.97. The number of likely N-dealkylation sites (tertiary alicyclic amines) is 1. The third kappa shape index (κ3) is 3.55. The van der Waals surface area contributed by atoms with E-state index in [1.807, 2.05) is 13.0 Å². The van der Waals surface area contributed by atoms with Gasteiger partial charge in [0.1, 0.15) is 5.82 Å². The quantitative estimate of drug-likeness (QED) is 0.933. The molecule has 4 nitrogen and oxygen atoms in total. The van der Waals surface area contributed by atoms with Crippen molar-refractivity contribution in [3.8, 4) is 0 Å². The molecular formula is C17H19ClFN3O. The first-order valence-corrected chi connectivity index (χ1v) is 8.15. The van der Waals surface area contributed by atoms with Gasteiger partial charge < -0.3 is 4.90 Å². The Balaban J connectivity index is 1.70. The molecule has 0 spiro atoms. The maximum absolute atomic E-state index is 13.9. The topological polar surface area (TPSA) is 49.0 Å². The van der Waals surface area contributed by atoms with Crippen LogP contribution in [0.25, 0.3) is 0 Å². The van der Waals surface area contributed by atoms with Crippen LogP contribution in [0.3, 0.4) is 0 Å². The van der Waals surface area contributed by atoms with E-state index in [4.69, 9.17) is 11.6 Å². The lowest BCUT2D eigenvalue weighted by Gasteiger charge is -2.32. The zero-order chi connectivity index (χ0) is 16.4. The van der Waals surface area contributed by atoms with Gasteiger partial charge >= 0.3 is 0 Å². The second-order valence-corrected chi connectivity index (χ2v) is 6.44. The van der Waals surface area contributed by atoms with Gasteiger partial charge in [0.2, 0.25) is 5.91 Å². The minimum atomic E-state index is -0.428. The monoisotopic (exact) mass is 335 g/mol. The maximum atomic E-state index is 13.9. The molecule has 1 aromatic heterocycles. The van der Waals surface area contributed by atoms with Crippen LogP contribution in [0.15, 0.2) is 24.3 Å². The number of hydrogen-bond donors (Lipinski definition) is 1. The van der Waals surface area contributed by atoms with E-state index in [1.165, 1.54) is 6.07 Å². The second kappa shape index (κ2) is 6.71. The molecule has 23 heavy (non-hydrogen) atoms. The number of halogens is 2. The van der Waals surface area contributed by atoms with Crippen LogP contribution in [0, 0.1) is 12.7 Å². The summed E-state index contributed by atoms with van der Waals surface area (Å²) in [6.45, 7) is 3.28. The molecule has 1 fully saturated rings. The Hall–Kier alpha value is -1.88. The lowest BCUT2D eigenvalue weighted by Crippen LogP contribution is -2.40. The smallest absolute Gasteiger partial charge is 0.227 e. The fourth-order valence-corrected chi connectivity index (χ4v) is 3.29. The van der Waals surface area contributed by atoms with E-state index in [1.54, 1.807) is 17.0 Å². The van der Waals surface area contributed by atoms with Gasteiger partial charge in [0.15, 0.2) is 0 Å². The summed E-state index contributed by atoms with van der Waals surface area (Å²) in [5, 5.41) is 7.55. The first-order valence-electron chi connectivity index (χ1n) is 7.77. The van der Waals surface area contributed by atoms with Crippen molar-refractivity contribution in [1.29, 1.82) is 0 Å². The number of nitrogens with zero attached hydrogens (tertiary/aromatic N) is 2. The van der Waals surface area contributed by atoms with Gasteiger partial charge in [-0.2, -0.15) is 5.10 Å². The molecule has 0 bridgehead atoms. The number of benzene rings is 1. The largest absolute Gasteiger partial charge is 0.342 e. The van der Waals surface area contributed by atoms with Crippen molar-refractivity contribution >= 4 is 17.5 Å². The van der Waals surface area contributed by atoms with Gasteiger partial charge in [-0.05, 0) is 38.0 Å². The highest BCUT2D eigenvalue weighted by atomic mass is 35.5. The Morgan fingerprint density at radius 3 is 3.04 bits per heavy atom. The van der Waals surface area contributed by atoms with E-state index in [-0.39, 0.29) is 23.8 Å². The van der Waals surface area contributed by atoms with Crippen molar-refractivity contribution in [3.63, 3.8) is 0 Å². The van der Waals surface area contributed by atoms with Crippen molar-refractivity contribution in [2.24, 2.45) is 0 Å². The molecule has 1 aliphatic heterocycles. The van der Waals surface area contributed by atoms with Gasteiger partial charge in [0.05, 0.1) is 12.1 Å². The molecular weight excluding hydrogens is 317 g/mol. The van der Waals surface area contributed by atoms with Crippen LogP contribution in [0.5, 0.6) is 0 Å². The number of rotatable bonds is 3. The molecule has 3 rings (SSSR count). The molecule has 2 aromatic rings. The van der Waals surface area contributed by atoms with Gasteiger partial charge in [-0.3, -0.25) is 9.89 Å². The van der Waals surface area contributed by atoms with Gasteiger partial charge in [-0.15, -0.1) is 0 Å². The highest BCUT2D eigenvalue weighted by Gasteiger charge is 2.27. The Morgan fingerprint density at radius 1 is 1.52 bits per heavy atom. The lowest BCUT2D eigenvalue weighted by molar-refractivity contribution is -0.131. The summed E-state index contributed by atoms with van der Waals surface area (Å²) < 4.78 is 13.9. The van der Waals surface area contributed by atoms with Crippen LogP contribution in [0.2, 0.25) is 5.02 Å².